The van der Waals surface area contributed by atoms with Gasteiger partial charge in [0.15, 0.2) is 21.5 Å². The summed E-state index contributed by atoms with van der Waals surface area (Å²) in [5.41, 5.74) is 0.230. The molecule has 200 valence electrons. The molecule has 37 heavy (non-hydrogen) atoms. The molecule has 16 heteroatoms. The van der Waals surface area contributed by atoms with Crippen LogP contribution >= 0.6 is 11.3 Å². The quantitative estimate of drug-likeness (QED) is 0.473. The largest absolute Gasteiger partial charge is 0.378 e. The molecule has 6 heterocycles. The van der Waals surface area contributed by atoms with Crippen molar-refractivity contribution in [2.75, 3.05) is 50.9 Å². The van der Waals surface area contributed by atoms with E-state index in [0.29, 0.717) is 49.0 Å². The van der Waals surface area contributed by atoms with Crippen molar-refractivity contribution in [1.29, 1.82) is 0 Å². The van der Waals surface area contributed by atoms with Gasteiger partial charge in [-0.2, -0.15) is 0 Å². The third-order valence-electron chi connectivity index (χ3n) is 7.27. The molecule has 3 aliphatic rings. The van der Waals surface area contributed by atoms with Crippen molar-refractivity contribution in [2.24, 2.45) is 0 Å². The molecule has 6 rings (SSSR count). The molecule has 3 aromatic rings. The first kappa shape index (κ1) is 24.9. The fourth-order valence-electron chi connectivity index (χ4n) is 4.83. The van der Waals surface area contributed by atoms with Crippen LogP contribution < -0.4 is 9.62 Å². The third kappa shape index (κ3) is 4.38. The zero-order valence-electron chi connectivity index (χ0n) is 20.2. The number of aromatic nitrogens is 5. The summed E-state index contributed by atoms with van der Waals surface area (Å²) in [5, 5.41) is 15.6. The molecule has 3 atom stereocenters. The second-order valence-corrected chi connectivity index (χ2v) is 12.4. The molecule has 3 fully saturated rings. The molecule has 0 radical (unpaired) electrons. The molecule has 3 aliphatic heterocycles. The fraction of sp³-hybridized carbons (Fsp3) is 0.619. The van der Waals surface area contributed by atoms with Gasteiger partial charge in [0.25, 0.3) is 6.43 Å². The summed E-state index contributed by atoms with van der Waals surface area (Å²) in [6.45, 7) is 8.04. The number of rotatable bonds is 6. The number of morpholine rings is 1. The van der Waals surface area contributed by atoms with Gasteiger partial charge in [-0.25, -0.2) is 21.9 Å². The summed E-state index contributed by atoms with van der Waals surface area (Å²) in [7, 11) is -3.99. The lowest BCUT2D eigenvalue weighted by Gasteiger charge is -2.45. The Morgan fingerprint density at radius 2 is 2.05 bits per heavy atom. The van der Waals surface area contributed by atoms with E-state index in [9.17, 15) is 17.2 Å². The van der Waals surface area contributed by atoms with Crippen molar-refractivity contribution in [3.63, 3.8) is 0 Å². The van der Waals surface area contributed by atoms with Crippen molar-refractivity contribution in [3.05, 3.63) is 17.3 Å². The lowest BCUT2D eigenvalue weighted by molar-refractivity contribution is -0.120. The van der Waals surface area contributed by atoms with Crippen LogP contribution in [0.5, 0.6) is 0 Å². The van der Waals surface area contributed by atoms with Gasteiger partial charge < -0.3 is 14.4 Å². The number of alkyl halides is 2. The maximum atomic E-state index is 13.6. The van der Waals surface area contributed by atoms with Gasteiger partial charge in [-0.15, -0.1) is 20.4 Å². The van der Waals surface area contributed by atoms with E-state index >= 15 is 0 Å². The molecule has 0 amide bonds. The second-order valence-electron chi connectivity index (χ2n) is 9.71. The van der Waals surface area contributed by atoms with Gasteiger partial charge in [0, 0.05) is 32.4 Å². The molecule has 2 unspecified atom stereocenters. The van der Waals surface area contributed by atoms with E-state index in [1.807, 2.05) is 0 Å². The summed E-state index contributed by atoms with van der Waals surface area (Å²) in [5.74, 6) is 0.142. The van der Waals surface area contributed by atoms with E-state index in [1.165, 1.54) is 10.6 Å². The number of fused-ring (bicyclic) bond motifs is 2. The van der Waals surface area contributed by atoms with E-state index < -0.39 is 27.0 Å². The molecule has 1 N–H and O–H groups in total. The van der Waals surface area contributed by atoms with Crippen LogP contribution in [0.3, 0.4) is 0 Å². The summed E-state index contributed by atoms with van der Waals surface area (Å²) < 4.78 is 68.8. The number of hydrogen-bond acceptors (Lipinski definition) is 11. The Bertz CT molecular complexity index is 1430. The summed E-state index contributed by atoms with van der Waals surface area (Å²) >= 11 is 0.692. The van der Waals surface area contributed by atoms with Gasteiger partial charge in [-0.05, 0) is 19.9 Å². The van der Waals surface area contributed by atoms with Gasteiger partial charge in [0.05, 0.1) is 43.2 Å². The first-order valence-corrected chi connectivity index (χ1v) is 14.2. The van der Waals surface area contributed by atoms with Gasteiger partial charge in [-0.1, -0.05) is 11.3 Å². The van der Waals surface area contributed by atoms with Crippen LogP contribution in [0, 0.1) is 0 Å². The number of nitrogens with one attached hydrogen (secondary N) is 1. The highest BCUT2D eigenvalue weighted by Crippen LogP contribution is 2.34. The lowest BCUT2D eigenvalue weighted by Crippen LogP contribution is -2.65. The number of nitrogens with zero attached hydrogens (tertiary/aromatic N) is 7. The maximum Gasteiger partial charge on any atom is 0.291 e. The molecular weight excluding hydrogens is 530 g/mol. The Balaban J connectivity index is 1.45. The number of sulfonamides is 1. The van der Waals surface area contributed by atoms with E-state index in [0.717, 1.165) is 13.1 Å². The summed E-state index contributed by atoms with van der Waals surface area (Å²) in [4.78, 5) is 4.43. The monoisotopic (exact) mass is 556 g/mol. The van der Waals surface area contributed by atoms with Crippen LogP contribution in [0.2, 0.25) is 0 Å². The first-order chi connectivity index (χ1) is 17.6. The van der Waals surface area contributed by atoms with E-state index in [1.54, 1.807) is 19.9 Å². The normalized spacial score (nSPS) is 27.0. The van der Waals surface area contributed by atoms with Crippen LogP contribution in [-0.4, -0.2) is 102 Å². The van der Waals surface area contributed by atoms with Crippen molar-refractivity contribution in [1.82, 2.24) is 34.4 Å². The topological polar surface area (TPSA) is 127 Å². The zero-order chi connectivity index (χ0) is 25.9. The Morgan fingerprint density at radius 3 is 2.76 bits per heavy atom. The van der Waals surface area contributed by atoms with Crippen molar-refractivity contribution < 1.29 is 26.7 Å². The Kier molecular flexibility index (Phi) is 6.15. The van der Waals surface area contributed by atoms with Gasteiger partial charge in [0.2, 0.25) is 10.0 Å². The van der Waals surface area contributed by atoms with Crippen LogP contribution in [0.25, 0.3) is 16.5 Å². The standard InChI is InChI=1S/C21H26F2N8O4S2/c1-12-21(2,11-35-12)28-37(32,33)14-7-15(30-4-3-29-5-6-34-10-13(29)8-30)17-24-25-18(31(17)9-14)20-27-26-19(36-20)16(22)23/h7,9,12-13,16,28H,3-6,8,10-11H2,1-2H3/t12?,13-,21?/m1/s1. The molecule has 0 aliphatic carbocycles. The minimum atomic E-state index is -3.99. The van der Waals surface area contributed by atoms with Gasteiger partial charge in [0.1, 0.15) is 4.90 Å². The minimum absolute atomic E-state index is 0.00250. The van der Waals surface area contributed by atoms with Gasteiger partial charge in [-0.3, -0.25) is 9.30 Å². The molecule has 12 nitrogen and oxygen atoms in total. The van der Waals surface area contributed by atoms with E-state index in [4.69, 9.17) is 9.47 Å². The van der Waals surface area contributed by atoms with Crippen LogP contribution in [0.15, 0.2) is 17.2 Å². The third-order valence-corrected chi connectivity index (χ3v) is 9.77. The highest BCUT2D eigenvalue weighted by atomic mass is 32.2. The number of pyridine rings is 1. The first-order valence-electron chi connectivity index (χ1n) is 11.9. The Morgan fingerprint density at radius 1 is 1.22 bits per heavy atom. The van der Waals surface area contributed by atoms with Crippen molar-refractivity contribution >= 4 is 32.7 Å². The van der Waals surface area contributed by atoms with Crippen LogP contribution in [0.1, 0.15) is 25.3 Å². The van der Waals surface area contributed by atoms with Crippen molar-refractivity contribution in [3.8, 4) is 10.8 Å². The molecule has 0 spiro atoms. The number of anilines is 1. The average Bonchev–Trinajstić information content (AvgIpc) is 3.54. The predicted molar refractivity (Wildman–Crippen MR) is 129 cm³/mol. The number of piperazine rings is 1. The fourth-order valence-corrected chi connectivity index (χ4v) is 6.98. The minimum Gasteiger partial charge on any atom is -0.378 e. The maximum absolute atomic E-state index is 13.6. The molecule has 0 saturated carbocycles. The SMILES string of the molecule is CC1OCC1(C)NS(=O)(=O)c1cc(N2CCN3CCOC[C@H]3C2)c2nnc(-c3nnc(C(F)F)s3)n2c1. The van der Waals surface area contributed by atoms with E-state index in [2.05, 4.69) is 34.9 Å². The predicted octanol–water partition coefficient (Wildman–Crippen LogP) is 1.16. The molecular formula is C21H26F2N8O4S2. The smallest absolute Gasteiger partial charge is 0.291 e. The highest BCUT2D eigenvalue weighted by Gasteiger charge is 2.45. The average molecular weight is 557 g/mol. The number of ether oxygens (including phenoxy) is 2. The Hall–Kier alpha value is -2.37. The number of halogens is 2. The lowest BCUT2D eigenvalue weighted by atomic mass is 9.93. The molecule has 0 aromatic carbocycles. The van der Waals surface area contributed by atoms with Crippen molar-refractivity contribution in [2.45, 2.75) is 42.9 Å². The summed E-state index contributed by atoms with van der Waals surface area (Å²) in [6, 6.07) is 1.75. The molecule has 3 aromatic heterocycles. The van der Waals surface area contributed by atoms with Crippen LogP contribution in [0.4, 0.5) is 14.5 Å². The van der Waals surface area contributed by atoms with Gasteiger partial charge >= 0.3 is 0 Å². The molecule has 0 bridgehead atoms. The Labute approximate surface area is 215 Å². The highest BCUT2D eigenvalue weighted by molar-refractivity contribution is 7.89. The van der Waals surface area contributed by atoms with Crippen LogP contribution in [-0.2, 0) is 19.5 Å². The number of hydrogen-bond donors (Lipinski definition) is 1. The second kappa shape index (κ2) is 9.13. The summed E-state index contributed by atoms with van der Waals surface area (Å²) in [6.07, 6.45) is -1.67. The zero-order valence-corrected chi connectivity index (χ0v) is 21.8. The molecule has 3 saturated heterocycles. The van der Waals surface area contributed by atoms with E-state index in [-0.39, 0.29) is 34.5 Å².